The molecule has 1 fully saturated rings. The van der Waals surface area contributed by atoms with Gasteiger partial charge < -0.3 is 9.74 Å². The molecule has 0 saturated carbocycles. The third-order valence-electron chi connectivity index (χ3n) is 4.55. The second-order valence-electron chi connectivity index (χ2n) is 8.22. The van der Waals surface area contributed by atoms with Crippen molar-refractivity contribution < 1.29 is 9.63 Å². The molecule has 0 aliphatic carbocycles. The summed E-state index contributed by atoms with van der Waals surface area (Å²) in [5, 5.41) is 4.05. The summed E-state index contributed by atoms with van der Waals surface area (Å²) in [4.78, 5) is 19.3. The van der Waals surface area contributed by atoms with Crippen molar-refractivity contribution in [1.29, 1.82) is 0 Å². The van der Waals surface area contributed by atoms with Gasteiger partial charge in [0, 0.05) is 18.5 Å². The molecule has 0 bridgehead atoms. The van der Waals surface area contributed by atoms with Crippen LogP contribution in [0.25, 0.3) is 0 Å². The molecule has 0 N–H and O–H groups in total. The lowest BCUT2D eigenvalue weighted by atomic mass is 9.75. The molecule has 0 radical (unpaired) electrons. The molecule has 0 aromatic heterocycles. The minimum Gasteiger partial charge on any atom is -0.386 e. The van der Waals surface area contributed by atoms with Gasteiger partial charge in [-0.3, -0.25) is 4.79 Å². The maximum atomic E-state index is 12.1. The number of carbonyl (C=O) groups excluding carboxylic acids is 1. The lowest BCUT2D eigenvalue weighted by molar-refractivity contribution is -0.138. The van der Waals surface area contributed by atoms with E-state index in [1.54, 1.807) is 0 Å². The summed E-state index contributed by atoms with van der Waals surface area (Å²) in [6, 6.07) is 0. The van der Waals surface area contributed by atoms with Crippen LogP contribution in [-0.4, -0.2) is 36.2 Å². The first-order valence-electron chi connectivity index (χ1n) is 7.96. The first-order chi connectivity index (χ1) is 9.51. The Labute approximate surface area is 129 Å². The summed E-state index contributed by atoms with van der Waals surface area (Å²) in [7, 11) is 0. The van der Waals surface area contributed by atoms with Gasteiger partial charge in [-0.1, -0.05) is 46.7 Å². The molecule has 0 aromatic carbocycles. The first-order valence-corrected chi connectivity index (χ1v) is 7.96. The number of piperidine rings is 1. The van der Waals surface area contributed by atoms with Crippen molar-refractivity contribution in [2.45, 2.75) is 61.3 Å². The Hall–Kier alpha value is -1.06. The van der Waals surface area contributed by atoms with Crippen molar-refractivity contribution in [2.75, 3.05) is 19.7 Å². The van der Waals surface area contributed by atoms with Gasteiger partial charge in [0.05, 0.1) is 5.71 Å². The van der Waals surface area contributed by atoms with Crippen LogP contribution in [0.1, 0.15) is 61.3 Å². The summed E-state index contributed by atoms with van der Waals surface area (Å²) in [6.45, 7) is 16.7. The Bertz CT molecular complexity index is 381. The van der Waals surface area contributed by atoms with Crippen LogP contribution in [0.5, 0.6) is 0 Å². The molecular weight excluding hydrogens is 264 g/mol. The average Bonchev–Trinajstić information content (AvgIpc) is 2.36. The third kappa shape index (κ3) is 5.68. The van der Waals surface area contributed by atoms with Crippen LogP contribution in [0.15, 0.2) is 5.16 Å². The number of likely N-dealkylation sites (tertiary alicyclic amines) is 1. The number of hydrogen-bond acceptors (Lipinski definition) is 3. The summed E-state index contributed by atoms with van der Waals surface area (Å²) < 4.78 is 0. The molecule has 1 amide bonds. The molecule has 21 heavy (non-hydrogen) atoms. The van der Waals surface area contributed by atoms with Crippen molar-refractivity contribution >= 4 is 11.6 Å². The fourth-order valence-corrected chi connectivity index (χ4v) is 2.41. The van der Waals surface area contributed by atoms with E-state index >= 15 is 0 Å². The number of carbonyl (C=O) groups is 1. The second-order valence-corrected chi connectivity index (χ2v) is 8.22. The molecule has 1 aliphatic heterocycles. The van der Waals surface area contributed by atoms with E-state index < -0.39 is 0 Å². The highest BCUT2D eigenvalue weighted by molar-refractivity contribution is 5.86. The summed E-state index contributed by atoms with van der Waals surface area (Å²) >= 11 is 0. The molecule has 1 heterocycles. The Balaban J connectivity index is 2.39. The molecule has 0 unspecified atom stereocenters. The predicted octanol–water partition coefficient (Wildman–Crippen LogP) is 3.71. The van der Waals surface area contributed by atoms with Gasteiger partial charge in [-0.15, -0.1) is 0 Å². The molecule has 1 rings (SSSR count). The lowest BCUT2D eigenvalue weighted by Crippen LogP contribution is -2.42. The maximum absolute atomic E-state index is 12.1. The van der Waals surface area contributed by atoms with Crippen molar-refractivity contribution in [3.05, 3.63) is 0 Å². The van der Waals surface area contributed by atoms with Crippen LogP contribution in [0, 0.1) is 16.7 Å². The molecule has 4 nitrogen and oxygen atoms in total. The van der Waals surface area contributed by atoms with Crippen molar-refractivity contribution in [3.63, 3.8) is 0 Å². The average molecular weight is 296 g/mol. The summed E-state index contributed by atoms with van der Waals surface area (Å²) in [5.41, 5.74) is 1.22. The molecule has 4 heteroatoms. The van der Waals surface area contributed by atoms with Gasteiger partial charge in [0.2, 0.25) is 0 Å². The zero-order valence-electron chi connectivity index (χ0n) is 14.8. The minimum atomic E-state index is -0.0197. The van der Waals surface area contributed by atoms with E-state index in [-0.39, 0.29) is 17.9 Å². The van der Waals surface area contributed by atoms with E-state index in [9.17, 15) is 4.79 Å². The number of rotatable bonds is 3. The lowest BCUT2D eigenvalue weighted by Gasteiger charge is -2.38. The van der Waals surface area contributed by atoms with Gasteiger partial charge in [0.15, 0.2) is 6.61 Å². The monoisotopic (exact) mass is 296 g/mol. The topological polar surface area (TPSA) is 41.9 Å². The van der Waals surface area contributed by atoms with E-state index in [0.717, 1.165) is 31.6 Å². The Kier molecular flexibility index (Phi) is 5.83. The minimum absolute atomic E-state index is 0.0197. The van der Waals surface area contributed by atoms with E-state index in [0.29, 0.717) is 11.3 Å². The third-order valence-corrected chi connectivity index (χ3v) is 4.55. The van der Waals surface area contributed by atoms with Crippen LogP contribution in [0.4, 0.5) is 0 Å². The maximum Gasteiger partial charge on any atom is 0.263 e. The van der Waals surface area contributed by atoms with Crippen molar-refractivity contribution in [1.82, 2.24) is 4.90 Å². The van der Waals surface area contributed by atoms with Gasteiger partial charge >= 0.3 is 0 Å². The van der Waals surface area contributed by atoms with Crippen molar-refractivity contribution in [2.24, 2.45) is 21.9 Å². The standard InChI is InChI=1S/C17H32N2O2/c1-13(16(2,3)4)18-21-12-15(20)19-10-8-14(9-11-19)17(5,6)7/h14H,8-12H2,1-7H3/b18-13+. The van der Waals surface area contributed by atoms with Crippen LogP contribution in [0.2, 0.25) is 0 Å². The highest BCUT2D eigenvalue weighted by atomic mass is 16.6. The van der Waals surface area contributed by atoms with Crippen LogP contribution in [0.3, 0.4) is 0 Å². The van der Waals surface area contributed by atoms with Gasteiger partial charge in [-0.25, -0.2) is 0 Å². The van der Waals surface area contributed by atoms with E-state index in [1.165, 1.54) is 0 Å². The Morgan fingerprint density at radius 2 is 1.67 bits per heavy atom. The fourth-order valence-electron chi connectivity index (χ4n) is 2.41. The van der Waals surface area contributed by atoms with Crippen LogP contribution in [-0.2, 0) is 9.63 Å². The fraction of sp³-hybridized carbons (Fsp3) is 0.882. The normalized spacial score (nSPS) is 18.8. The van der Waals surface area contributed by atoms with E-state index in [2.05, 4.69) is 46.7 Å². The highest BCUT2D eigenvalue weighted by Gasteiger charge is 2.30. The zero-order chi connectivity index (χ0) is 16.3. The zero-order valence-corrected chi connectivity index (χ0v) is 14.8. The largest absolute Gasteiger partial charge is 0.386 e. The van der Waals surface area contributed by atoms with E-state index in [1.807, 2.05) is 11.8 Å². The predicted molar refractivity (Wildman–Crippen MR) is 87.3 cm³/mol. The Morgan fingerprint density at radius 1 is 1.14 bits per heavy atom. The number of amides is 1. The molecule has 0 atom stereocenters. The van der Waals surface area contributed by atoms with Gasteiger partial charge in [-0.2, -0.15) is 0 Å². The SMILES string of the molecule is C/C(=N\OCC(=O)N1CCC(C(C)(C)C)CC1)C(C)(C)C. The van der Waals surface area contributed by atoms with Crippen molar-refractivity contribution in [3.8, 4) is 0 Å². The summed E-state index contributed by atoms with van der Waals surface area (Å²) in [6.07, 6.45) is 2.17. The first kappa shape index (κ1) is 18.0. The quantitative estimate of drug-likeness (QED) is 0.588. The second kappa shape index (κ2) is 6.80. The molecular formula is C17H32N2O2. The smallest absolute Gasteiger partial charge is 0.263 e. The Morgan fingerprint density at radius 3 is 2.10 bits per heavy atom. The van der Waals surface area contributed by atoms with Gasteiger partial charge in [0.1, 0.15) is 0 Å². The number of oxime groups is 1. The van der Waals surface area contributed by atoms with Crippen LogP contribution < -0.4 is 0 Å². The number of hydrogen-bond donors (Lipinski definition) is 0. The van der Waals surface area contributed by atoms with Gasteiger partial charge in [0.25, 0.3) is 5.91 Å². The molecule has 0 spiro atoms. The van der Waals surface area contributed by atoms with Gasteiger partial charge in [-0.05, 0) is 31.1 Å². The van der Waals surface area contributed by atoms with E-state index in [4.69, 9.17) is 4.84 Å². The highest BCUT2D eigenvalue weighted by Crippen LogP contribution is 2.34. The summed E-state index contributed by atoms with van der Waals surface area (Å²) in [5.74, 6) is 0.747. The number of nitrogens with zero attached hydrogens (tertiary/aromatic N) is 2. The molecule has 0 aromatic rings. The van der Waals surface area contributed by atoms with Crippen LogP contribution >= 0.6 is 0 Å². The molecule has 122 valence electrons. The molecule has 1 saturated heterocycles. The molecule has 1 aliphatic rings.